The Morgan fingerprint density at radius 3 is 2.79 bits per heavy atom. The molecule has 2 aromatic rings. The van der Waals surface area contributed by atoms with E-state index in [2.05, 4.69) is 25.8 Å². The summed E-state index contributed by atoms with van der Waals surface area (Å²) in [7, 11) is 0. The fourth-order valence-corrected chi connectivity index (χ4v) is 2.99. The zero-order valence-corrected chi connectivity index (χ0v) is 14.7. The Balaban J connectivity index is 1.80. The molecule has 8 heteroatoms. The van der Waals surface area contributed by atoms with Gasteiger partial charge in [0.1, 0.15) is 5.76 Å². The Morgan fingerprint density at radius 2 is 2.08 bits per heavy atom. The first-order chi connectivity index (χ1) is 11.5. The molecule has 1 aliphatic heterocycles. The third-order valence-corrected chi connectivity index (χ3v) is 4.28. The van der Waals surface area contributed by atoms with Gasteiger partial charge in [0, 0.05) is 30.8 Å². The van der Waals surface area contributed by atoms with Crippen LogP contribution in [0.1, 0.15) is 11.3 Å². The lowest BCUT2D eigenvalue weighted by molar-refractivity contribution is -0.385. The number of ether oxygens (including phenoxy) is 1. The first-order valence-electron chi connectivity index (χ1n) is 7.46. The van der Waals surface area contributed by atoms with E-state index >= 15 is 0 Å². The number of nitro benzene ring substituents is 1. The summed E-state index contributed by atoms with van der Waals surface area (Å²) >= 11 is 3.49. The number of anilines is 1. The molecule has 1 aromatic heterocycles. The van der Waals surface area contributed by atoms with Crippen molar-refractivity contribution in [2.24, 2.45) is 4.99 Å². The van der Waals surface area contributed by atoms with Gasteiger partial charge >= 0.3 is 0 Å². The Labute approximate surface area is 147 Å². The van der Waals surface area contributed by atoms with E-state index in [1.807, 2.05) is 6.07 Å². The van der Waals surface area contributed by atoms with Crippen LogP contribution in [0, 0.1) is 17.0 Å². The minimum absolute atomic E-state index is 0.0549. The monoisotopic (exact) mass is 393 g/mol. The third-order valence-electron chi connectivity index (χ3n) is 3.72. The number of rotatable bonds is 4. The van der Waals surface area contributed by atoms with Crippen LogP contribution < -0.4 is 4.90 Å². The molecule has 0 atom stereocenters. The molecular weight excluding hydrogens is 378 g/mol. The lowest BCUT2D eigenvalue weighted by atomic mass is 10.2. The number of nitro groups is 1. The summed E-state index contributed by atoms with van der Waals surface area (Å²) in [6.45, 7) is 4.58. The maximum Gasteiger partial charge on any atom is 0.274 e. The second-order valence-corrected chi connectivity index (χ2v) is 6.24. The molecule has 0 unspecified atom stereocenters. The number of hydrogen-bond donors (Lipinski definition) is 0. The zero-order valence-electron chi connectivity index (χ0n) is 13.1. The first kappa shape index (κ1) is 16.7. The van der Waals surface area contributed by atoms with Crippen molar-refractivity contribution in [1.29, 1.82) is 0 Å². The van der Waals surface area contributed by atoms with E-state index < -0.39 is 4.92 Å². The van der Waals surface area contributed by atoms with Gasteiger partial charge in [-0.25, -0.2) is 0 Å². The second kappa shape index (κ2) is 7.14. The average Bonchev–Trinajstić information content (AvgIpc) is 2.95. The molecule has 0 amide bonds. The average molecular weight is 394 g/mol. The highest BCUT2D eigenvalue weighted by Gasteiger charge is 2.18. The second-order valence-electron chi connectivity index (χ2n) is 5.39. The van der Waals surface area contributed by atoms with Gasteiger partial charge in [-0.15, -0.1) is 0 Å². The van der Waals surface area contributed by atoms with Gasteiger partial charge in [0.05, 0.1) is 34.5 Å². The summed E-state index contributed by atoms with van der Waals surface area (Å²) in [5.41, 5.74) is 1.17. The van der Waals surface area contributed by atoms with Crippen LogP contribution in [0.15, 0.2) is 38.1 Å². The summed E-state index contributed by atoms with van der Waals surface area (Å²) in [6.07, 6.45) is 1.56. The SMILES string of the molecule is Cc1ccc(N=Cc2cc(Br)c(N3CCOCC3)o2)cc1[N+](=O)[O-]. The molecule has 1 aliphatic rings. The fourth-order valence-electron chi connectivity index (χ4n) is 2.44. The summed E-state index contributed by atoms with van der Waals surface area (Å²) in [5, 5.41) is 11.0. The maximum atomic E-state index is 11.0. The molecule has 0 radical (unpaired) electrons. The molecule has 1 saturated heterocycles. The normalized spacial score (nSPS) is 15.2. The van der Waals surface area contributed by atoms with Crippen molar-refractivity contribution >= 4 is 39.4 Å². The molecule has 0 saturated carbocycles. The van der Waals surface area contributed by atoms with Crippen LogP contribution >= 0.6 is 15.9 Å². The highest BCUT2D eigenvalue weighted by atomic mass is 79.9. The predicted molar refractivity (Wildman–Crippen MR) is 94.5 cm³/mol. The quantitative estimate of drug-likeness (QED) is 0.447. The molecule has 0 aliphatic carbocycles. The Kier molecular flexibility index (Phi) is 4.96. The van der Waals surface area contributed by atoms with Crippen molar-refractivity contribution in [3.05, 3.63) is 50.2 Å². The Hall–Kier alpha value is -2.19. The minimum Gasteiger partial charge on any atom is -0.438 e. The topological polar surface area (TPSA) is 81.1 Å². The van der Waals surface area contributed by atoms with Gasteiger partial charge in [0.15, 0.2) is 0 Å². The van der Waals surface area contributed by atoms with Gasteiger partial charge < -0.3 is 14.1 Å². The molecule has 126 valence electrons. The minimum atomic E-state index is -0.408. The molecule has 0 N–H and O–H groups in total. The first-order valence-corrected chi connectivity index (χ1v) is 8.25. The maximum absolute atomic E-state index is 11.0. The van der Waals surface area contributed by atoms with Gasteiger partial charge in [-0.2, -0.15) is 0 Å². The van der Waals surface area contributed by atoms with E-state index in [1.54, 1.807) is 25.3 Å². The van der Waals surface area contributed by atoms with Crippen LogP contribution in [0.2, 0.25) is 0 Å². The van der Waals surface area contributed by atoms with E-state index in [1.165, 1.54) is 6.07 Å². The predicted octanol–water partition coefficient (Wildman–Crippen LogP) is 3.85. The summed E-state index contributed by atoms with van der Waals surface area (Å²) in [6, 6.07) is 6.70. The molecule has 7 nitrogen and oxygen atoms in total. The van der Waals surface area contributed by atoms with Crippen LogP contribution in [-0.2, 0) is 4.74 Å². The molecular formula is C16H16BrN3O4. The fraction of sp³-hybridized carbons (Fsp3) is 0.312. The number of hydrogen-bond acceptors (Lipinski definition) is 6. The highest BCUT2D eigenvalue weighted by Crippen LogP contribution is 2.31. The molecule has 1 aromatic carbocycles. The van der Waals surface area contributed by atoms with Crippen LogP contribution in [0.25, 0.3) is 0 Å². The van der Waals surface area contributed by atoms with E-state index in [4.69, 9.17) is 9.15 Å². The number of benzene rings is 1. The van der Waals surface area contributed by atoms with Crippen LogP contribution in [0.3, 0.4) is 0 Å². The van der Waals surface area contributed by atoms with Gasteiger partial charge in [-0.1, -0.05) is 6.07 Å². The lowest BCUT2D eigenvalue weighted by Gasteiger charge is -2.26. The van der Waals surface area contributed by atoms with Gasteiger partial charge in [-0.3, -0.25) is 15.1 Å². The van der Waals surface area contributed by atoms with Gasteiger partial charge in [0.25, 0.3) is 5.69 Å². The molecule has 2 heterocycles. The van der Waals surface area contributed by atoms with Crippen molar-refractivity contribution in [2.45, 2.75) is 6.92 Å². The summed E-state index contributed by atoms with van der Waals surface area (Å²) in [5.74, 6) is 1.32. The van der Waals surface area contributed by atoms with E-state index in [-0.39, 0.29) is 5.69 Å². The van der Waals surface area contributed by atoms with Crippen LogP contribution in [-0.4, -0.2) is 37.4 Å². The van der Waals surface area contributed by atoms with Crippen molar-refractivity contribution < 1.29 is 14.1 Å². The number of nitrogens with zero attached hydrogens (tertiary/aromatic N) is 3. The molecule has 3 rings (SSSR count). The summed E-state index contributed by atoms with van der Waals surface area (Å²) in [4.78, 5) is 16.9. The number of aliphatic imine (C=N–C) groups is 1. The Bertz CT molecular complexity index is 782. The van der Waals surface area contributed by atoms with Crippen molar-refractivity contribution in [1.82, 2.24) is 0 Å². The number of halogens is 1. The number of furan rings is 1. The van der Waals surface area contributed by atoms with Crippen LogP contribution in [0.5, 0.6) is 0 Å². The Morgan fingerprint density at radius 1 is 1.33 bits per heavy atom. The van der Waals surface area contributed by atoms with E-state index in [9.17, 15) is 10.1 Å². The largest absolute Gasteiger partial charge is 0.438 e. The van der Waals surface area contributed by atoms with Crippen molar-refractivity contribution in [3.8, 4) is 0 Å². The van der Waals surface area contributed by atoms with Crippen LogP contribution in [0.4, 0.5) is 17.3 Å². The molecule has 1 fully saturated rings. The third kappa shape index (κ3) is 3.65. The standard InChI is InChI=1S/C16H16BrN3O4/c1-11-2-3-12(8-15(11)20(21)22)18-10-13-9-14(17)16(24-13)19-4-6-23-7-5-19/h2-3,8-10H,4-7H2,1H3. The van der Waals surface area contributed by atoms with Gasteiger partial charge in [-0.05, 0) is 28.9 Å². The number of aryl methyl sites for hydroxylation is 1. The summed E-state index contributed by atoms with van der Waals surface area (Å²) < 4.78 is 12.0. The van der Waals surface area contributed by atoms with Gasteiger partial charge in [0.2, 0.25) is 5.88 Å². The molecule has 0 spiro atoms. The molecule has 0 bridgehead atoms. The van der Waals surface area contributed by atoms with Crippen molar-refractivity contribution in [3.63, 3.8) is 0 Å². The number of morpholine rings is 1. The molecule has 24 heavy (non-hydrogen) atoms. The lowest BCUT2D eigenvalue weighted by Crippen LogP contribution is -2.36. The van der Waals surface area contributed by atoms with E-state index in [0.29, 0.717) is 30.2 Å². The zero-order chi connectivity index (χ0) is 17.1. The smallest absolute Gasteiger partial charge is 0.274 e. The van der Waals surface area contributed by atoms with Crippen molar-refractivity contribution in [2.75, 3.05) is 31.2 Å². The van der Waals surface area contributed by atoms with E-state index in [0.717, 1.165) is 23.4 Å². The highest BCUT2D eigenvalue weighted by molar-refractivity contribution is 9.10.